The maximum Gasteiger partial charge on any atom is 0.254 e. The topological polar surface area (TPSA) is 58.2 Å². The van der Waals surface area contributed by atoms with Gasteiger partial charge in [-0.05, 0) is 43.0 Å². The molecule has 5 nitrogen and oxygen atoms in total. The number of fused-ring (bicyclic) bond motifs is 1. The van der Waals surface area contributed by atoms with Gasteiger partial charge >= 0.3 is 0 Å². The molecule has 2 aromatic rings. The fourth-order valence-corrected chi connectivity index (χ4v) is 3.77. The summed E-state index contributed by atoms with van der Waals surface area (Å²) >= 11 is 0. The first kappa shape index (κ1) is 16.6. The van der Waals surface area contributed by atoms with E-state index in [1.54, 1.807) is 12.3 Å². The van der Waals surface area contributed by atoms with Gasteiger partial charge in [-0.15, -0.1) is 0 Å². The largest absolute Gasteiger partial charge is 0.464 e. The van der Waals surface area contributed by atoms with Gasteiger partial charge in [-0.3, -0.25) is 9.89 Å². The second-order valence-electron chi connectivity index (χ2n) is 6.81. The Kier molecular flexibility index (Phi) is 4.61. The van der Waals surface area contributed by atoms with Crippen molar-refractivity contribution in [2.45, 2.75) is 32.1 Å². The lowest BCUT2D eigenvalue weighted by molar-refractivity contribution is -0.127. The number of aromatic nitrogens is 2. The van der Waals surface area contributed by atoms with Gasteiger partial charge in [0.05, 0.1) is 12.5 Å². The third-order valence-corrected chi connectivity index (χ3v) is 5.17. The van der Waals surface area contributed by atoms with Gasteiger partial charge in [-0.25, -0.2) is 0 Å². The summed E-state index contributed by atoms with van der Waals surface area (Å²) in [6.45, 7) is 3.65. The summed E-state index contributed by atoms with van der Waals surface area (Å²) in [5.74, 6) is 1.15. The van der Waals surface area contributed by atoms with E-state index in [2.05, 4.69) is 17.1 Å². The van der Waals surface area contributed by atoms with Gasteiger partial charge < -0.3 is 9.64 Å². The number of aromatic amines is 1. The zero-order chi connectivity index (χ0) is 17.9. The maximum atomic E-state index is 13.1. The molecule has 2 aliphatic heterocycles. The molecule has 1 amide bonds. The highest BCUT2D eigenvalue weighted by Crippen LogP contribution is 2.30. The number of likely N-dealkylation sites (tertiary alicyclic amines) is 1. The fraction of sp³-hybridized carbons (Fsp3) is 0.333. The monoisotopic (exact) mass is 349 g/mol. The van der Waals surface area contributed by atoms with Crippen molar-refractivity contribution in [3.05, 3.63) is 65.2 Å². The van der Waals surface area contributed by atoms with E-state index >= 15 is 0 Å². The quantitative estimate of drug-likeness (QED) is 0.920. The van der Waals surface area contributed by atoms with Crippen molar-refractivity contribution >= 4 is 12.0 Å². The maximum absolute atomic E-state index is 13.1. The number of benzene rings is 1. The molecule has 2 aliphatic rings. The van der Waals surface area contributed by atoms with Crippen LogP contribution in [-0.2, 0) is 11.2 Å². The summed E-state index contributed by atoms with van der Waals surface area (Å²) in [4.78, 5) is 15.1. The molecule has 1 saturated heterocycles. The van der Waals surface area contributed by atoms with Crippen LogP contribution in [-0.4, -0.2) is 34.1 Å². The average molecular weight is 349 g/mol. The third-order valence-electron chi connectivity index (χ3n) is 5.17. The normalized spacial score (nSPS) is 19.3. The molecule has 0 bridgehead atoms. The lowest BCUT2D eigenvalue weighted by Gasteiger charge is -2.33. The Balaban J connectivity index is 1.55. The predicted molar refractivity (Wildman–Crippen MR) is 101 cm³/mol. The van der Waals surface area contributed by atoms with E-state index < -0.39 is 0 Å². The van der Waals surface area contributed by atoms with Crippen molar-refractivity contribution in [2.75, 3.05) is 13.1 Å². The van der Waals surface area contributed by atoms with Gasteiger partial charge in [-0.1, -0.05) is 25.1 Å². The zero-order valence-corrected chi connectivity index (χ0v) is 14.9. The van der Waals surface area contributed by atoms with Gasteiger partial charge in [0, 0.05) is 35.8 Å². The lowest BCUT2D eigenvalue weighted by Crippen LogP contribution is -2.39. The van der Waals surface area contributed by atoms with Gasteiger partial charge in [0.1, 0.15) is 5.75 Å². The Hall–Kier alpha value is -2.82. The molecule has 1 atom stereocenters. The smallest absolute Gasteiger partial charge is 0.254 e. The van der Waals surface area contributed by atoms with Crippen LogP contribution in [0.4, 0.5) is 0 Å². The summed E-state index contributed by atoms with van der Waals surface area (Å²) in [5.41, 5.74) is 4.02. The Morgan fingerprint density at radius 3 is 3.15 bits per heavy atom. The number of carbonyl (C=O) groups excluding carboxylic acids is 1. The van der Waals surface area contributed by atoms with Crippen molar-refractivity contribution in [1.82, 2.24) is 15.1 Å². The van der Waals surface area contributed by atoms with Gasteiger partial charge in [0.2, 0.25) is 0 Å². The molecule has 26 heavy (non-hydrogen) atoms. The number of para-hydroxylation sites is 1. The van der Waals surface area contributed by atoms with Crippen LogP contribution in [0.1, 0.15) is 42.5 Å². The molecule has 4 rings (SSSR count). The molecule has 5 heteroatoms. The Bertz CT molecular complexity index is 866. The van der Waals surface area contributed by atoms with Crippen LogP contribution >= 0.6 is 0 Å². The molecule has 3 heterocycles. The molecule has 1 aromatic heterocycles. The molecule has 1 N–H and O–H groups in total. The van der Waals surface area contributed by atoms with E-state index in [-0.39, 0.29) is 5.91 Å². The first-order chi connectivity index (χ1) is 12.8. The molecular formula is C21H23N3O2. The molecular weight excluding hydrogens is 326 g/mol. The van der Waals surface area contributed by atoms with Crippen LogP contribution in [0, 0.1) is 0 Å². The van der Waals surface area contributed by atoms with Crippen molar-refractivity contribution in [3.8, 4) is 5.75 Å². The molecule has 0 radical (unpaired) electrons. The van der Waals surface area contributed by atoms with E-state index in [1.807, 2.05) is 41.4 Å². The van der Waals surface area contributed by atoms with E-state index in [9.17, 15) is 4.79 Å². The molecule has 0 saturated carbocycles. The number of amides is 1. The minimum atomic E-state index is 0.0591. The second kappa shape index (κ2) is 7.20. The molecule has 0 unspecified atom stereocenters. The van der Waals surface area contributed by atoms with Crippen LogP contribution in [0.3, 0.4) is 0 Å². The molecule has 1 fully saturated rings. The van der Waals surface area contributed by atoms with Crippen LogP contribution < -0.4 is 4.74 Å². The average Bonchev–Trinajstić information content (AvgIpc) is 3.06. The summed E-state index contributed by atoms with van der Waals surface area (Å²) in [6, 6.07) is 7.75. The Labute approximate surface area is 153 Å². The Morgan fingerprint density at radius 1 is 1.38 bits per heavy atom. The van der Waals surface area contributed by atoms with Crippen molar-refractivity contribution in [2.24, 2.45) is 0 Å². The number of rotatable bonds is 3. The minimum Gasteiger partial charge on any atom is -0.464 e. The van der Waals surface area contributed by atoms with Crippen LogP contribution in [0.5, 0.6) is 5.75 Å². The Morgan fingerprint density at radius 2 is 2.27 bits per heavy atom. The highest BCUT2D eigenvalue weighted by Gasteiger charge is 2.28. The number of hydrogen-bond acceptors (Lipinski definition) is 3. The van der Waals surface area contributed by atoms with Crippen molar-refractivity contribution in [1.29, 1.82) is 0 Å². The standard InChI is InChI=1S/C21H23N3O2/c1-2-15-13-22-23-20(15)18-7-5-10-24(14-18)21(25)17-9-11-26-19-8-4-3-6-16(19)12-17/h3-4,6,8-9,11-13,18H,2,5,7,10,14H2,1H3,(H,22,23)/t18-/m0/s1. The number of hydrogen-bond donors (Lipinski definition) is 1. The van der Waals surface area contributed by atoms with E-state index in [0.717, 1.165) is 43.7 Å². The number of nitrogens with one attached hydrogen (secondary N) is 1. The van der Waals surface area contributed by atoms with Gasteiger partial charge in [0.25, 0.3) is 5.91 Å². The van der Waals surface area contributed by atoms with Crippen molar-refractivity contribution < 1.29 is 9.53 Å². The number of carbonyl (C=O) groups is 1. The first-order valence-electron chi connectivity index (χ1n) is 9.21. The summed E-state index contributed by atoms with van der Waals surface area (Å²) in [7, 11) is 0. The molecule has 1 aromatic carbocycles. The highest BCUT2D eigenvalue weighted by atomic mass is 16.5. The lowest BCUT2D eigenvalue weighted by atomic mass is 9.91. The van der Waals surface area contributed by atoms with E-state index in [0.29, 0.717) is 11.5 Å². The SMILES string of the molecule is CCc1cn[nH]c1[C@H]1CCCN(C(=O)C2=Cc3ccccc3OC=C2)C1. The summed E-state index contributed by atoms with van der Waals surface area (Å²) in [5, 5.41) is 7.35. The second-order valence-corrected chi connectivity index (χ2v) is 6.81. The first-order valence-corrected chi connectivity index (χ1v) is 9.21. The third kappa shape index (κ3) is 3.17. The minimum absolute atomic E-state index is 0.0591. The number of H-pyrrole nitrogens is 1. The van der Waals surface area contributed by atoms with Gasteiger partial charge in [-0.2, -0.15) is 5.10 Å². The molecule has 0 spiro atoms. The number of piperidine rings is 1. The predicted octanol–water partition coefficient (Wildman–Crippen LogP) is 3.67. The van der Waals surface area contributed by atoms with Gasteiger partial charge in [0.15, 0.2) is 0 Å². The zero-order valence-electron chi connectivity index (χ0n) is 14.9. The number of ether oxygens (including phenoxy) is 1. The van der Waals surface area contributed by atoms with Crippen LogP contribution in [0.25, 0.3) is 6.08 Å². The van der Waals surface area contributed by atoms with E-state index in [4.69, 9.17) is 4.74 Å². The van der Waals surface area contributed by atoms with E-state index in [1.165, 1.54) is 11.3 Å². The van der Waals surface area contributed by atoms with Crippen molar-refractivity contribution in [3.63, 3.8) is 0 Å². The molecule has 0 aliphatic carbocycles. The fourth-order valence-electron chi connectivity index (χ4n) is 3.77. The summed E-state index contributed by atoms with van der Waals surface area (Å²) in [6.07, 6.45) is 10.2. The number of nitrogens with zero attached hydrogens (tertiary/aromatic N) is 2. The van der Waals surface area contributed by atoms with Crippen LogP contribution in [0.15, 0.2) is 48.4 Å². The number of aryl methyl sites for hydroxylation is 1. The molecule has 134 valence electrons. The highest BCUT2D eigenvalue weighted by molar-refractivity contribution is 6.01. The van der Waals surface area contributed by atoms with Crippen LogP contribution in [0.2, 0.25) is 0 Å². The summed E-state index contributed by atoms with van der Waals surface area (Å²) < 4.78 is 5.61.